The van der Waals surface area contributed by atoms with Gasteiger partial charge in [0.2, 0.25) is 0 Å². The molecule has 0 radical (unpaired) electrons. The van der Waals surface area contributed by atoms with Gasteiger partial charge in [-0.15, -0.1) is 0 Å². The minimum Gasteiger partial charge on any atom is -0.352 e. The van der Waals surface area contributed by atoms with Gasteiger partial charge in [-0.2, -0.15) is 5.26 Å². The monoisotopic (exact) mass is 371 g/mol. The second kappa shape index (κ2) is 8.98. The zero-order chi connectivity index (χ0) is 19.1. The van der Waals surface area contributed by atoms with E-state index in [1.807, 2.05) is 54.6 Å². The third kappa shape index (κ3) is 4.93. The van der Waals surface area contributed by atoms with Crippen LogP contribution in [-0.4, -0.2) is 5.11 Å². The molecule has 0 spiro atoms. The van der Waals surface area contributed by atoms with Gasteiger partial charge in [-0.25, -0.2) is 0 Å². The van der Waals surface area contributed by atoms with Crippen molar-refractivity contribution in [1.29, 1.82) is 5.26 Å². The van der Waals surface area contributed by atoms with E-state index >= 15 is 0 Å². The Bertz CT molecular complexity index is 943. The molecular formula is C23H21N3S. The summed E-state index contributed by atoms with van der Waals surface area (Å²) in [6.07, 6.45) is 0.409. The second-order valence-electron chi connectivity index (χ2n) is 6.33. The molecule has 3 rings (SSSR count). The molecule has 0 unspecified atom stereocenters. The molecule has 0 aliphatic carbocycles. The summed E-state index contributed by atoms with van der Waals surface area (Å²) in [6.45, 7) is 2.11. The smallest absolute Gasteiger partial charge is 0.171 e. The van der Waals surface area contributed by atoms with Crippen LogP contribution in [0.15, 0.2) is 78.9 Å². The van der Waals surface area contributed by atoms with Crippen molar-refractivity contribution in [3.05, 3.63) is 101 Å². The summed E-state index contributed by atoms with van der Waals surface area (Å²) in [5.74, 6) is 0. The van der Waals surface area contributed by atoms with E-state index < -0.39 is 0 Å². The van der Waals surface area contributed by atoms with Gasteiger partial charge in [0, 0.05) is 5.69 Å². The number of aryl methyl sites for hydroxylation is 1. The molecule has 1 atom stereocenters. The lowest BCUT2D eigenvalue weighted by molar-refractivity contribution is 0.762. The Morgan fingerprint density at radius 1 is 0.963 bits per heavy atom. The average Bonchev–Trinajstić information content (AvgIpc) is 2.69. The molecule has 0 aliphatic rings. The van der Waals surface area contributed by atoms with Gasteiger partial charge < -0.3 is 10.6 Å². The molecule has 3 aromatic rings. The van der Waals surface area contributed by atoms with E-state index in [0.717, 1.165) is 16.8 Å². The van der Waals surface area contributed by atoms with Crippen LogP contribution in [-0.2, 0) is 6.42 Å². The van der Waals surface area contributed by atoms with Crippen LogP contribution in [0.25, 0.3) is 0 Å². The number of nitriles is 1. The summed E-state index contributed by atoms with van der Waals surface area (Å²) < 4.78 is 0. The van der Waals surface area contributed by atoms with Gasteiger partial charge in [-0.05, 0) is 53.5 Å². The fourth-order valence-electron chi connectivity index (χ4n) is 2.99. The van der Waals surface area contributed by atoms with E-state index in [1.165, 1.54) is 11.1 Å². The highest BCUT2D eigenvalue weighted by atomic mass is 32.1. The van der Waals surface area contributed by atoms with Crippen molar-refractivity contribution in [3.8, 4) is 6.07 Å². The number of rotatable bonds is 5. The molecule has 3 nitrogen and oxygen atoms in total. The first-order valence-electron chi connectivity index (χ1n) is 8.81. The fourth-order valence-corrected chi connectivity index (χ4v) is 3.23. The first-order valence-corrected chi connectivity index (χ1v) is 9.22. The predicted octanol–water partition coefficient (Wildman–Crippen LogP) is 5.14. The van der Waals surface area contributed by atoms with Gasteiger partial charge in [-0.3, -0.25) is 0 Å². The summed E-state index contributed by atoms with van der Waals surface area (Å²) >= 11 is 5.57. The third-order valence-electron chi connectivity index (χ3n) is 4.40. The third-order valence-corrected chi connectivity index (χ3v) is 4.62. The van der Waals surface area contributed by atoms with Crippen LogP contribution in [0.2, 0.25) is 0 Å². The van der Waals surface area contributed by atoms with Crippen LogP contribution in [0.5, 0.6) is 0 Å². The molecular weight excluding hydrogens is 350 g/mol. The molecule has 0 saturated heterocycles. The van der Waals surface area contributed by atoms with Crippen LogP contribution in [0.3, 0.4) is 0 Å². The summed E-state index contributed by atoms with van der Waals surface area (Å²) in [4.78, 5) is 0. The Morgan fingerprint density at radius 3 is 2.30 bits per heavy atom. The predicted molar refractivity (Wildman–Crippen MR) is 115 cm³/mol. The second-order valence-corrected chi connectivity index (χ2v) is 6.74. The Hall–Kier alpha value is -3.16. The molecule has 2 N–H and O–H groups in total. The van der Waals surface area contributed by atoms with E-state index in [-0.39, 0.29) is 6.04 Å². The van der Waals surface area contributed by atoms with Gasteiger partial charge in [0.05, 0.1) is 18.5 Å². The lowest BCUT2D eigenvalue weighted by Gasteiger charge is -2.23. The zero-order valence-corrected chi connectivity index (χ0v) is 16.0. The van der Waals surface area contributed by atoms with Gasteiger partial charge in [0.25, 0.3) is 0 Å². The minimum absolute atomic E-state index is 0.0368. The number of hydrogen-bond donors (Lipinski definition) is 2. The normalized spacial score (nSPS) is 11.3. The van der Waals surface area contributed by atoms with Gasteiger partial charge in [-0.1, -0.05) is 66.7 Å². The molecule has 27 heavy (non-hydrogen) atoms. The van der Waals surface area contributed by atoms with Crippen LogP contribution >= 0.6 is 12.2 Å². The molecule has 0 amide bonds. The first kappa shape index (κ1) is 18.6. The number of anilines is 1. The lowest BCUT2D eigenvalue weighted by Crippen LogP contribution is -2.33. The molecule has 0 aromatic heterocycles. The number of benzene rings is 3. The number of hydrogen-bond acceptors (Lipinski definition) is 2. The standard InChI is InChI=1S/C23H21N3S/c1-17-7-5-6-10-21(17)22(19-8-3-2-4-9-19)26-23(27)25-20-13-11-18(12-14-20)15-16-24/h2-14,22H,15H2,1H3,(H2,25,26,27)/t22-/m0/s1. The molecule has 134 valence electrons. The van der Waals surface area contributed by atoms with Crippen LogP contribution in [0, 0.1) is 18.3 Å². The first-order chi connectivity index (χ1) is 13.2. The molecule has 0 bridgehead atoms. The molecule has 0 aliphatic heterocycles. The topological polar surface area (TPSA) is 47.8 Å². The maximum absolute atomic E-state index is 8.78. The Kier molecular flexibility index (Phi) is 6.19. The molecule has 0 saturated carbocycles. The minimum atomic E-state index is -0.0368. The Balaban J connectivity index is 1.79. The van der Waals surface area contributed by atoms with Crippen molar-refractivity contribution < 1.29 is 0 Å². The van der Waals surface area contributed by atoms with Crippen molar-refractivity contribution in [2.45, 2.75) is 19.4 Å². The Morgan fingerprint density at radius 2 is 1.63 bits per heavy atom. The van der Waals surface area contributed by atoms with E-state index in [1.54, 1.807) is 0 Å². The highest BCUT2D eigenvalue weighted by molar-refractivity contribution is 7.80. The van der Waals surface area contributed by atoms with Crippen molar-refractivity contribution >= 4 is 23.0 Å². The largest absolute Gasteiger partial charge is 0.352 e. The summed E-state index contributed by atoms with van der Waals surface area (Å²) in [7, 11) is 0. The molecule has 4 heteroatoms. The maximum atomic E-state index is 8.78. The van der Waals surface area contributed by atoms with Crippen molar-refractivity contribution in [2.24, 2.45) is 0 Å². The van der Waals surface area contributed by atoms with Crippen molar-refractivity contribution in [2.75, 3.05) is 5.32 Å². The maximum Gasteiger partial charge on any atom is 0.171 e. The summed E-state index contributed by atoms with van der Waals surface area (Å²) in [5, 5.41) is 16.0. The van der Waals surface area contributed by atoms with E-state index in [0.29, 0.717) is 11.5 Å². The number of nitrogens with one attached hydrogen (secondary N) is 2. The van der Waals surface area contributed by atoms with E-state index in [2.05, 4.69) is 47.9 Å². The summed E-state index contributed by atoms with van der Waals surface area (Å²) in [5.41, 5.74) is 5.44. The highest BCUT2D eigenvalue weighted by Gasteiger charge is 2.16. The van der Waals surface area contributed by atoms with Crippen LogP contribution in [0.4, 0.5) is 5.69 Å². The van der Waals surface area contributed by atoms with Crippen molar-refractivity contribution in [1.82, 2.24) is 5.32 Å². The van der Waals surface area contributed by atoms with Crippen LogP contribution < -0.4 is 10.6 Å². The molecule has 3 aromatic carbocycles. The molecule has 0 heterocycles. The number of thiocarbonyl (C=S) groups is 1. The van der Waals surface area contributed by atoms with Gasteiger partial charge >= 0.3 is 0 Å². The highest BCUT2D eigenvalue weighted by Crippen LogP contribution is 2.25. The number of nitrogens with zero attached hydrogens (tertiary/aromatic N) is 1. The summed E-state index contributed by atoms with van der Waals surface area (Å²) in [6, 6.07) is 28.5. The Labute approximate surface area is 165 Å². The average molecular weight is 372 g/mol. The van der Waals surface area contributed by atoms with E-state index in [4.69, 9.17) is 17.5 Å². The zero-order valence-electron chi connectivity index (χ0n) is 15.1. The van der Waals surface area contributed by atoms with E-state index in [9.17, 15) is 0 Å². The van der Waals surface area contributed by atoms with Gasteiger partial charge in [0.15, 0.2) is 5.11 Å². The van der Waals surface area contributed by atoms with Crippen LogP contribution in [0.1, 0.15) is 28.3 Å². The SMILES string of the molecule is Cc1ccccc1[C@@H](NC(=S)Nc1ccc(CC#N)cc1)c1ccccc1. The fraction of sp³-hybridized carbons (Fsp3) is 0.130. The van der Waals surface area contributed by atoms with Gasteiger partial charge in [0.1, 0.15) is 0 Å². The quantitative estimate of drug-likeness (QED) is 0.610. The lowest BCUT2D eigenvalue weighted by atomic mass is 9.95. The molecule has 0 fully saturated rings. The van der Waals surface area contributed by atoms with Crippen molar-refractivity contribution in [3.63, 3.8) is 0 Å².